The van der Waals surface area contributed by atoms with Crippen molar-refractivity contribution in [3.8, 4) is 0 Å². The number of aryl methyl sites for hydroxylation is 1. The summed E-state index contributed by atoms with van der Waals surface area (Å²) in [5, 5.41) is 2.89. The maximum absolute atomic E-state index is 13.6. The lowest BCUT2D eigenvalue weighted by Gasteiger charge is -2.39. The van der Waals surface area contributed by atoms with Crippen LogP contribution in [0.4, 0.5) is 11.4 Å². The van der Waals surface area contributed by atoms with Gasteiger partial charge in [-0.25, -0.2) is 8.42 Å². The number of anilines is 2. The molecule has 28 heavy (non-hydrogen) atoms. The van der Waals surface area contributed by atoms with E-state index in [4.69, 9.17) is 0 Å². The number of hydrogen-bond acceptors (Lipinski definition) is 3. The van der Waals surface area contributed by atoms with Crippen molar-refractivity contribution in [1.82, 2.24) is 0 Å². The Kier molecular flexibility index (Phi) is 3.96. The number of rotatable bonds is 2. The highest BCUT2D eigenvalue weighted by molar-refractivity contribution is 7.92. The van der Waals surface area contributed by atoms with E-state index in [1.54, 1.807) is 12.1 Å². The summed E-state index contributed by atoms with van der Waals surface area (Å²) in [6.07, 6.45) is 0.749. The first kappa shape index (κ1) is 19.0. The van der Waals surface area contributed by atoms with Crippen LogP contribution in [0.25, 0.3) is 0 Å². The van der Waals surface area contributed by atoms with E-state index in [9.17, 15) is 13.2 Å². The molecule has 2 heterocycles. The summed E-state index contributed by atoms with van der Waals surface area (Å²) >= 11 is 0. The van der Waals surface area contributed by atoms with E-state index < -0.39 is 15.4 Å². The van der Waals surface area contributed by atoms with Gasteiger partial charge in [0.1, 0.15) is 0 Å². The maximum Gasteiger partial charge on any atom is 0.264 e. The van der Waals surface area contributed by atoms with Crippen molar-refractivity contribution in [2.24, 2.45) is 0 Å². The Morgan fingerprint density at radius 3 is 2.43 bits per heavy atom. The Balaban J connectivity index is 1.87. The first-order chi connectivity index (χ1) is 13.0. The maximum atomic E-state index is 13.6. The smallest absolute Gasteiger partial charge is 0.264 e. The van der Waals surface area contributed by atoms with Gasteiger partial charge in [0, 0.05) is 12.2 Å². The van der Waals surface area contributed by atoms with E-state index in [1.165, 1.54) is 4.31 Å². The molecule has 0 bridgehead atoms. The number of nitrogens with zero attached hydrogens (tertiary/aromatic N) is 1. The van der Waals surface area contributed by atoms with E-state index in [0.717, 1.165) is 34.5 Å². The summed E-state index contributed by atoms with van der Waals surface area (Å²) in [5.74, 6) is -0.106. The average Bonchev–Trinajstić information content (AvgIpc) is 2.85. The molecular formula is C22H26N2O3S. The molecule has 6 heteroatoms. The van der Waals surface area contributed by atoms with Crippen LogP contribution < -0.4 is 9.62 Å². The van der Waals surface area contributed by atoms with E-state index in [-0.39, 0.29) is 16.2 Å². The van der Waals surface area contributed by atoms with Crippen LogP contribution in [-0.2, 0) is 25.6 Å². The molecule has 5 nitrogen and oxygen atoms in total. The lowest BCUT2D eigenvalue weighted by atomic mass is 9.78. The fourth-order valence-corrected chi connectivity index (χ4v) is 5.83. The van der Waals surface area contributed by atoms with Gasteiger partial charge < -0.3 is 5.32 Å². The molecule has 148 valence electrons. The van der Waals surface area contributed by atoms with Gasteiger partial charge in [-0.2, -0.15) is 0 Å². The van der Waals surface area contributed by atoms with Crippen molar-refractivity contribution in [3.05, 3.63) is 53.1 Å². The zero-order chi connectivity index (χ0) is 20.5. The molecule has 2 aromatic carbocycles. The van der Waals surface area contributed by atoms with Gasteiger partial charge in [-0.1, -0.05) is 32.0 Å². The molecule has 0 radical (unpaired) electrons. The molecule has 4 rings (SSSR count). The molecule has 0 aliphatic carbocycles. The van der Waals surface area contributed by atoms with Crippen LogP contribution in [0.15, 0.2) is 41.3 Å². The third-order valence-electron chi connectivity index (χ3n) is 6.22. The second-order valence-electron chi connectivity index (χ2n) is 8.97. The Morgan fingerprint density at radius 2 is 1.71 bits per heavy atom. The summed E-state index contributed by atoms with van der Waals surface area (Å²) in [6.45, 7) is 10.2. The number of carbonyl (C=O) groups excluding carboxylic acids is 1. The molecule has 2 aliphatic heterocycles. The molecule has 0 unspecified atom stereocenters. The number of nitrogens with one attached hydrogen (secondary N) is 1. The highest BCUT2D eigenvalue weighted by Gasteiger charge is 2.42. The van der Waals surface area contributed by atoms with E-state index >= 15 is 0 Å². The Bertz CT molecular complexity index is 1100. The first-order valence-corrected chi connectivity index (χ1v) is 11.0. The summed E-state index contributed by atoms with van der Waals surface area (Å²) in [5.41, 5.74) is 3.18. The quantitative estimate of drug-likeness (QED) is 0.828. The summed E-state index contributed by atoms with van der Waals surface area (Å²) < 4.78 is 28.8. The molecular weight excluding hydrogens is 372 g/mol. The predicted molar refractivity (Wildman–Crippen MR) is 111 cm³/mol. The van der Waals surface area contributed by atoms with Gasteiger partial charge in [0.25, 0.3) is 10.0 Å². The Labute approximate surface area is 166 Å². The van der Waals surface area contributed by atoms with Crippen molar-refractivity contribution in [2.45, 2.75) is 56.8 Å². The summed E-state index contributed by atoms with van der Waals surface area (Å²) in [4.78, 5) is 12.6. The van der Waals surface area contributed by atoms with E-state index in [0.29, 0.717) is 6.54 Å². The van der Waals surface area contributed by atoms with E-state index in [2.05, 4.69) is 19.2 Å². The van der Waals surface area contributed by atoms with Gasteiger partial charge in [-0.05, 0) is 67.5 Å². The molecule has 0 spiro atoms. The molecule has 0 saturated heterocycles. The second-order valence-corrected chi connectivity index (χ2v) is 10.8. The predicted octanol–water partition coefficient (Wildman–Crippen LogP) is 4.10. The van der Waals surface area contributed by atoms with Gasteiger partial charge in [0.05, 0.1) is 16.0 Å². The topological polar surface area (TPSA) is 66.5 Å². The zero-order valence-corrected chi connectivity index (χ0v) is 17.8. The monoisotopic (exact) mass is 398 g/mol. The summed E-state index contributed by atoms with van der Waals surface area (Å²) in [7, 11) is -3.74. The number of sulfonamides is 1. The second kappa shape index (κ2) is 5.83. The fraction of sp³-hybridized carbons (Fsp3) is 0.409. The standard InChI is InChI=1S/C22H26N2O3S/c1-14-12-15(13-17-19(14)23-20(25)22(17,4)5)28(26,27)24-11-10-21(2,3)16-8-6-7-9-18(16)24/h6-9,12-13H,10-11H2,1-5H3,(H,23,25). The van der Waals surface area contributed by atoms with Crippen LogP contribution in [0.5, 0.6) is 0 Å². The van der Waals surface area contributed by atoms with Crippen LogP contribution >= 0.6 is 0 Å². The van der Waals surface area contributed by atoms with Gasteiger partial charge >= 0.3 is 0 Å². The van der Waals surface area contributed by atoms with Gasteiger partial charge in [0.2, 0.25) is 5.91 Å². The molecule has 2 aromatic rings. The number of carbonyl (C=O) groups is 1. The molecule has 0 atom stereocenters. The van der Waals surface area contributed by atoms with Crippen LogP contribution in [0, 0.1) is 6.92 Å². The fourth-order valence-electron chi connectivity index (χ4n) is 4.23. The van der Waals surface area contributed by atoms with Crippen molar-refractivity contribution in [1.29, 1.82) is 0 Å². The van der Waals surface area contributed by atoms with Gasteiger partial charge in [-0.15, -0.1) is 0 Å². The van der Waals surface area contributed by atoms with Crippen LogP contribution in [0.1, 0.15) is 50.8 Å². The minimum Gasteiger partial charge on any atom is -0.325 e. The molecule has 0 saturated carbocycles. The molecule has 1 amide bonds. The third kappa shape index (κ3) is 2.58. The zero-order valence-electron chi connectivity index (χ0n) is 17.0. The average molecular weight is 399 g/mol. The van der Waals surface area contributed by atoms with Crippen molar-refractivity contribution in [2.75, 3.05) is 16.2 Å². The van der Waals surface area contributed by atoms with E-state index in [1.807, 2.05) is 45.0 Å². The van der Waals surface area contributed by atoms with Crippen molar-refractivity contribution < 1.29 is 13.2 Å². The van der Waals surface area contributed by atoms with Crippen molar-refractivity contribution >= 4 is 27.3 Å². The number of fused-ring (bicyclic) bond motifs is 2. The van der Waals surface area contributed by atoms with Crippen LogP contribution in [0.2, 0.25) is 0 Å². The Morgan fingerprint density at radius 1 is 1.04 bits per heavy atom. The number of amides is 1. The van der Waals surface area contributed by atoms with Crippen LogP contribution in [-0.4, -0.2) is 20.9 Å². The third-order valence-corrected chi connectivity index (χ3v) is 8.01. The number of benzene rings is 2. The molecule has 0 fully saturated rings. The highest BCUT2D eigenvalue weighted by atomic mass is 32.2. The first-order valence-electron chi connectivity index (χ1n) is 9.55. The lowest BCUT2D eigenvalue weighted by Crippen LogP contribution is -2.41. The van der Waals surface area contributed by atoms with Crippen LogP contribution in [0.3, 0.4) is 0 Å². The summed E-state index contributed by atoms with van der Waals surface area (Å²) in [6, 6.07) is 11.0. The molecule has 0 aromatic heterocycles. The lowest BCUT2D eigenvalue weighted by molar-refractivity contribution is -0.119. The van der Waals surface area contributed by atoms with Gasteiger partial charge in [-0.3, -0.25) is 9.10 Å². The minimum atomic E-state index is -3.74. The Hall–Kier alpha value is -2.34. The largest absolute Gasteiger partial charge is 0.325 e. The number of para-hydroxylation sites is 1. The molecule has 1 N–H and O–H groups in total. The van der Waals surface area contributed by atoms with Gasteiger partial charge in [0.15, 0.2) is 0 Å². The molecule has 2 aliphatic rings. The minimum absolute atomic E-state index is 0.0746. The highest BCUT2D eigenvalue weighted by Crippen LogP contribution is 2.44. The normalized spacial score (nSPS) is 19.8. The number of hydrogen-bond donors (Lipinski definition) is 1. The SMILES string of the molecule is Cc1cc(S(=O)(=O)N2CCC(C)(C)c3ccccc32)cc2c1NC(=O)C2(C)C. The van der Waals surface area contributed by atoms with Crippen molar-refractivity contribution in [3.63, 3.8) is 0 Å².